The second-order valence-electron chi connectivity index (χ2n) is 8.25. The smallest absolute Gasteiger partial charge is 0.441 e. The monoisotopic (exact) mass is 464 g/mol. The van der Waals surface area contributed by atoms with Crippen molar-refractivity contribution in [1.29, 1.82) is 0 Å². The summed E-state index contributed by atoms with van der Waals surface area (Å²) in [5.41, 5.74) is 1.66. The molecule has 1 saturated heterocycles. The van der Waals surface area contributed by atoms with Crippen LogP contribution in [0.25, 0.3) is 0 Å². The standard InChI is InChI=1S/C23H24F4N4O2/c1-22(30-29-21(33-22)23(25,26)27)17-8-7-16(19(24)13-17)14-31(18-5-3-2-4-6-18)20(32)15-9-11-28-12-10-15/h2-8,13,15,28,30H,9-12,14H2,1H3. The number of halogens is 4. The number of nitrogens with zero attached hydrogens (tertiary/aromatic N) is 2. The van der Waals surface area contributed by atoms with Crippen LogP contribution in [0.2, 0.25) is 0 Å². The second kappa shape index (κ2) is 9.01. The van der Waals surface area contributed by atoms with Crippen LogP contribution in [0.4, 0.5) is 23.2 Å². The van der Waals surface area contributed by atoms with Gasteiger partial charge in [0.1, 0.15) is 5.82 Å². The van der Waals surface area contributed by atoms with Crippen molar-refractivity contribution in [3.05, 3.63) is 65.5 Å². The third kappa shape index (κ3) is 4.95. The van der Waals surface area contributed by atoms with E-state index in [1.807, 2.05) is 6.07 Å². The van der Waals surface area contributed by atoms with Crippen LogP contribution in [0, 0.1) is 11.7 Å². The van der Waals surface area contributed by atoms with Gasteiger partial charge in [-0.05, 0) is 44.1 Å². The normalized spacial score (nSPS) is 21.2. The van der Waals surface area contributed by atoms with Gasteiger partial charge in [0.2, 0.25) is 11.6 Å². The van der Waals surface area contributed by atoms with Crippen molar-refractivity contribution < 1.29 is 27.1 Å². The maximum atomic E-state index is 15.1. The molecule has 2 aromatic carbocycles. The van der Waals surface area contributed by atoms with Gasteiger partial charge in [-0.25, -0.2) is 4.39 Å². The van der Waals surface area contributed by atoms with Crippen molar-refractivity contribution in [3.63, 3.8) is 0 Å². The Morgan fingerprint density at radius 2 is 1.88 bits per heavy atom. The van der Waals surface area contributed by atoms with Gasteiger partial charge in [-0.3, -0.25) is 10.2 Å². The number of para-hydroxylation sites is 1. The summed E-state index contributed by atoms with van der Waals surface area (Å²) in [6.45, 7) is 2.82. The van der Waals surface area contributed by atoms with Gasteiger partial charge in [-0.1, -0.05) is 30.3 Å². The molecule has 2 aromatic rings. The van der Waals surface area contributed by atoms with Crippen molar-refractivity contribution >= 4 is 17.5 Å². The lowest BCUT2D eigenvalue weighted by atomic mass is 9.95. The van der Waals surface area contributed by atoms with Gasteiger partial charge < -0.3 is 15.0 Å². The second-order valence-corrected chi connectivity index (χ2v) is 8.25. The number of benzene rings is 2. The molecule has 2 heterocycles. The lowest BCUT2D eigenvalue weighted by Gasteiger charge is -2.30. The number of carbonyl (C=O) groups is 1. The molecule has 1 fully saturated rings. The number of hydrogen-bond donors (Lipinski definition) is 2. The molecule has 176 valence electrons. The van der Waals surface area contributed by atoms with Gasteiger partial charge in [0.15, 0.2) is 0 Å². The van der Waals surface area contributed by atoms with E-state index in [4.69, 9.17) is 4.74 Å². The fraction of sp³-hybridized carbons (Fsp3) is 0.391. The number of amides is 1. The zero-order valence-electron chi connectivity index (χ0n) is 18.0. The average molecular weight is 464 g/mol. The Bertz CT molecular complexity index is 1040. The van der Waals surface area contributed by atoms with Crippen LogP contribution < -0.4 is 15.6 Å². The summed E-state index contributed by atoms with van der Waals surface area (Å²) in [7, 11) is 0. The first-order valence-electron chi connectivity index (χ1n) is 10.6. The Balaban J connectivity index is 1.57. The van der Waals surface area contributed by atoms with E-state index in [9.17, 15) is 18.0 Å². The van der Waals surface area contributed by atoms with Crippen molar-refractivity contribution in [1.82, 2.24) is 10.7 Å². The highest BCUT2D eigenvalue weighted by Crippen LogP contribution is 2.33. The molecule has 2 N–H and O–H groups in total. The first kappa shape index (κ1) is 23.0. The minimum absolute atomic E-state index is 0.00576. The molecule has 33 heavy (non-hydrogen) atoms. The zero-order valence-corrected chi connectivity index (χ0v) is 18.0. The van der Waals surface area contributed by atoms with E-state index in [1.54, 1.807) is 29.2 Å². The maximum absolute atomic E-state index is 15.1. The van der Waals surface area contributed by atoms with E-state index in [0.717, 1.165) is 19.2 Å². The van der Waals surface area contributed by atoms with E-state index in [-0.39, 0.29) is 29.5 Å². The van der Waals surface area contributed by atoms with Crippen LogP contribution in [-0.4, -0.2) is 31.1 Å². The molecule has 2 aliphatic heterocycles. The molecule has 0 saturated carbocycles. The molecule has 6 nitrogen and oxygen atoms in total. The number of piperidine rings is 1. The van der Waals surface area contributed by atoms with Gasteiger partial charge in [-0.2, -0.15) is 13.2 Å². The number of carbonyl (C=O) groups excluding carboxylic acids is 1. The number of hydrazone groups is 1. The molecule has 0 bridgehead atoms. The zero-order chi connectivity index (χ0) is 23.6. The summed E-state index contributed by atoms with van der Waals surface area (Å²) in [6.07, 6.45) is -3.35. The lowest BCUT2D eigenvalue weighted by molar-refractivity contribution is -0.123. The van der Waals surface area contributed by atoms with Crippen molar-refractivity contribution in [2.24, 2.45) is 11.0 Å². The Labute approximate surface area is 188 Å². The van der Waals surface area contributed by atoms with E-state index >= 15 is 4.39 Å². The van der Waals surface area contributed by atoms with Gasteiger partial charge in [-0.15, -0.1) is 5.10 Å². The van der Waals surface area contributed by atoms with E-state index in [2.05, 4.69) is 15.8 Å². The molecule has 1 amide bonds. The van der Waals surface area contributed by atoms with E-state index in [1.165, 1.54) is 19.1 Å². The third-order valence-electron chi connectivity index (χ3n) is 5.87. The van der Waals surface area contributed by atoms with Gasteiger partial charge >= 0.3 is 12.1 Å². The molecule has 2 aliphatic rings. The number of alkyl halides is 3. The van der Waals surface area contributed by atoms with Gasteiger partial charge in [0.05, 0.1) is 6.54 Å². The first-order chi connectivity index (χ1) is 15.7. The van der Waals surface area contributed by atoms with Crippen LogP contribution >= 0.6 is 0 Å². The lowest BCUT2D eigenvalue weighted by Crippen LogP contribution is -2.41. The summed E-state index contributed by atoms with van der Waals surface area (Å²) in [5.74, 6) is -2.32. The van der Waals surface area contributed by atoms with E-state index in [0.29, 0.717) is 18.5 Å². The van der Waals surface area contributed by atoms with Crippen LogP contribution in [0.1, 0.15) is 30.9 Å². The fourth-order valence-corrected chi connectivity index (χ4v) is 3.98. The number of anilines is 1. The molecule has 0 aliphatic carbocycles. The number of nitrogens with one attached hydrogen (secondary N) is 2. The summed E-state index contributed by atoms with van der Waals surface area (Å²) in [4.78, 5) is 14.9. The fourth-order valence-electron chi connectivity index (χ4n) is 3.98. The summed E-state index contributed by atoms with van der Waals surface area (Å²) >= 11 is 0. The van der Waals surface area contributed by atoms with Crippen LogP contribution in [-0.2, 0) is 21.8 Å². The van der Waals surface area contributed by atoms with Crippen LogP contribution in [0.5, 0.6) is 0 Å². The van der Waals surface area contributed by atoms with Gasteiger partial charge in [0.25, 0.3) is 0 Å². The maximum Gasteiger partial charge on any atom is 0.470 e. The van der Waals surface area contributed by atoms with Crippen LogP contribution in [0.15, 0.2) is 53.6 Å². The molecular formula is C23H24F4N4O2. The Morgan fingerprint density at radius 1 is 1.18 bits per heavy atom. The Kier molecular flexibility index (Phi) is 6.29. The molecule has 1 unspecified atom stereocenters. The highest BCUT2D eigenvalue weighted by atomic mass is 19.4. The predicted molar refractivity (Wildman–Crippen MR) is 115 cm³/mol. The van der Waals surface area contributed by atoms with Crippen molar-refractivity contribution in [3.8, 4) is 0 Å². The SMILES string of the molecule is CC1(c2ccc(CN(C(=O)C3CCNCC3)c3ccccc3)c(F)c2)NN=C(C(F)(F)F)O1. The largest absolute Gasteiger partial charge is 0.470 e. The molecule has 0 aromatic heterocycles. The summed E-state index contributed by atoms with van der Waals surface area (Å²) < 4.78 is 58.7. The molecule has 4 rings (SSSR count). The highest BCUT2D eigenvalue weighted by Gasteiger charge is 2.48. The average Bonchev–Trinajstić information content (AvgIpc) is 3.23. The highest BCUT2D eigenvalue weighted by molar-refractivity contribution is 5.95. The molecule has 10 heteroatoms. The molecule has 0 spiro atoms. The summed E-state index contributed by atoms with van der Waals surface area (Å²) in [5, 5.41) is 6.42. The van der Waals surface area contributed by atoms with Crippen molar-refractivity contribution in [2.75, 3.05) is 18.0 Å². The summed E-state index contributed by atoms with van der Waals surface area (Å²) in [6, 6.07) is 13.1. The number of ether oxygens (including phenoxy) is 1. The van der Waals surface area contributed by atoms with Crippen molar-refractivity contribution in [2.45, 2.75) is 38.2 Å². The number of hydrogen-bond acceptors (Lipinski definition) is 5. The molecule has 1 atom stereocenters. The molecule has 0 radical (unpaired) electrons. The van der Waals surface area contributed by atoms with Gasteiger partial charge in [0, 0.05) is 29.7 Å². The quantitative estimate of drug-likeness (QED) is 0.656. The minimum atomic E-state index is -4.76. The third-order valence-corrected chi connectivity index (χ3v) is 5.87. The predicted octanol–water partition coefficient (Wildman–Crippen LogP) is 4.03. The number of rotatable bonds is 5. The van der Waals surface area contributed by atoms with Crippen LogP contribution in [0.3, 0.4) is 0 Å². The Hall–Kier alpha value is -3.14. The Morgan fingerprint density at radius 3 is 2.48 bits per heavy atom. The first-order valence-corrected chi connectivity index (χ1v) is 10.6. The topological polar surface area (TPSA) is 66.0 Å². The molecular weight excluding hydrogens is 440 g/mol. The van der Waals surface area contributed by atoms with E-state index < -0.39 is 23.6 Å². The minimum Gasteiger partial charge on any atom is -0.441 e.